The number of hydrogen-bond acceptors (Lipinski definition) is 5. The van der Waals surface area contributed by atoms with Gasteiger partial charge in [-0.1, -0.05) is 54.2 Å². The van der Waals surface area contributed by atoms with Crippen molar-refractivity contribution in [2.24, 2.45) is 0 Å². The van der Waals surface area contributed by atoms with Gasteiger partial charge in [0.25, 0.3) is 5.56 Å². The highest BCUT2D eigenvalue weighted by Gasteiger charge is 2.18. The van der Waals surface area contributed by atoms with Crippen molar-refractivity contribution < 1.29 is 0 Å². The summed E-state index contributed by atoms with van der Waals surface area (Å²) in [4.78, 5) is 19.9. The van der Waals surface area contributed by atoms with E-state index in [1.54, 1.807) is 17.8 Å². The van der Waals surface area contributed by atoms with Crippen LogP contribution in [0.15, 0.2) is 64.5 Å². The van der Waals surface area contributed by atoms with Crippen molar-refractivity contribution in [2.45, 2.75) is 37.2 Å². The van der Waals surface area contributed by atoms with Crippen LogP contribution in [0.5, 0.6) is 0 Å². The van der Waals surface area contributed by atoms with Crippen molar-refractivity contribution >= 4 is 22.7 Å². The van der Waals surface area contributed by atoms with Crippen molar-refractivity contribution in [1.29, 1.82) is 0 Å². The van der Waals surface area contributed by atoms with E-state index in [0.717, 1.165) is 23.9 Å². The molecular formula is C21H21N5OS. The number of rotatable bonds is 6. The van der Waals surface area contributed by atoms with Gasteiger partial charge in [0.2, 0.25) is 0 Å². The van der Waals surface area contributed by atoms with Crippen molar-refractivity contribution in [3.63, 3.8) is 0 Å². The van der Waals surface area contributed by atoms with Gasteiger partial charge in [0, 0.05) is 13.0 Å². The van der Waals surface area contributed by atoms with Crippen molar-refractivity contribution in [3.05, 3.63) is 82.2 Å². The molecule has 0 saturated heterocycles. The second-order valence-corrected chi connectivity index (χ2v) is 7.84. The van der Waals surface area contributed by atoms with Crippen molar-refractivity contribution in [3.8, 4) is 0 Å². The highest BCUT2D eigenvalue weighted by molar-refractivity contribution is 7.99. The normalized spacial score (nSPS) is 12.4. The molecule has 2 aromatic carbocycles. The van der Waals surface area contributed by atoms with E-state index in [1.807, 2.05) is 43.3 Å². The maximum Gasteiger partial charge on any atom is 0.258 e. The Morgan fingerprint density at radius 2 is 1.82 bits per heavy atom. The number of aromatic amines is 1. The van der Waals surface area contributed by atoms with Gasteiger partial charge in [-0.25, -0.2) is 4.98 Å². The van der Waals surface area contributed by atoms with Crippen LogP contribution in [-0.2, 0) is 13.0 Å². The predicted octanol–water partition coefficient (Wildman–Crippen LogP) is 3.98. The van der Waals surface area contributed by atoms with Gasteiger partial charge in [-0.3, -0.25) is 4.79 Å². The number of H-pyrrole nitrogens is 1. The van der Waals surface area contributed by atoms with Gasteiger partial charge in [0.1, 0.15) is 11.6 Å². The Bertz CT molecular complexity index is 1150. The summed E-state index contributed by atoms with van der Waals surface area (Å²) in [6.07, 6.45) is 0.738. The summed E-state index contributed by atoms with van der Waals surface area (Å²) in [5, 5.41) is 10.2. The van der Waals surface area contributed by atoms with E-state index in [2.05, 4.69) is 43.8 Å². The third-order valence-corrected chi connectivity index (χ3v) is 5.70. The van der Waals surface area contributed by atoms with Crippen molar-refractivity contribution in [2.75, 3.05) is 0 Å². The maximum absolute atomic E-state index is 12.3. The standard InChI is InChI=1S/C21H21N5OS/c1-3-26-18(13-15-9-5-4-6-10-15)24-25-21(26)28-14(2)19-22-17-12-8-7-11-16(17)20(27)23-19/h4-12,14H,3,13H2,1-2H3,(H,22,23,27)/t14-/m0/s1. The number of benzene rings is 2. The minimum absolute atomic E-state index is 0.0589. The third kappa shape index (κ3) is 3.71. The van der Waals surface area contributed by atoms with Crippen LogP contribution in [0.4, 0.5) is 0 Å². The van der Waals surface area contributed by atoms with Gasteiger partial charge in [0.15, 0.2) is 5.16 Å². The van der Waals surface area contributed by atoms with Crippen LogP contribution in [0.3, 0.4) is 0 Å². The van der Waals surface area contributed by atoms with E-state index in [4.69, 9.17) is 0 Å². The molecule has 2 aromatic heterocycles. The highest BCUT2D eigenvalue weighted by Crippen LogP contribution is 2.32. The van der Waals surface area contributed by atoms with Gasteiger partial charge in [-0.2, -0.15) is 0 Å². The average molecular weight is 392 g/mol. The monoisotopic (exact) mass is 391 g/mol. The van der Waals surface area contributed by atoms with Crippen LogP contribution in [0.25, 0.3) is 10.9 Å². The van der Waals surface area contributed by atoms with E-state index in [-0.39, 0.29) is 10.8 Å². The van der Waals surface area contributed by atoms with E-state index in [1.165, 1.54) is 5.56 Å². The van der Waals surface area contributed by atoms with Gasteiger partial charge in [-0.15, -0.1) is 10.2 Å². The molecule has 7 heteroatoms. The first-order chi connectivity index (χ1) is 13.7. The van der Waals surface area contributed by atoms with Gasteiger partial charge >= 0.3 is 0 Å². The zero-order chi connectivity index (χ0) is 19.5. The molecule has 142 valence electrons. The number of aromatic nitrogens is 5. The molecule has 0 spiro atoms. The number of thioether (sulfide) groups is 1. The topological polar surface area (TPSA) is 76.5 Å². The number of fused-ring (bicyclic) bond motifs is 1. The van der Waals surface area contributed by atoms with E-state index >= 15 is 0 Å². The SMILES string of the molecule is CCn1c(Cc2ccccc2)nnc1S[C@@H](C)c1nc2ccccc2c(=O)[nH]1. The number of hydrogen-bond donors (Lipinski definition) is 1. The van der Waals surface area contributed by atoms with Gasteiger partial charge < -0.3 is 9.55 Å². The first-order valence-electron chi connectivity index (χ1n) is 9.27. The second-order valence-electron chi connectivity index (χ2n) is 6.53. The Labute approximate surface area is 167 Å². The van der Waals surface area contributed by atoms with Crippen LogP contribution < -0.4 is 5.56 Å². The average Bonchev–Trinajstić information content (AvgIpc) is 3.09. The maximum atomic E-state index is 12.3. The first kappa shape index (κ1) is 18.4. The summed E-state index contributed by atoms with van der Waals surface area (Å²) in [6, 6.07) is 17.6. The Hall–Kier alpha value is -2.93. The fourth-order valence-electron chi connectivity index (χ4n) is 3.14. The second kappa shape index (κ2) is 7.98. The molecule has 0 bridgehead atoms. The minimum Gasteiger partial charge on any atom is -0.309 e. The van der Waals surface area contributed by atoms with Crippen LogP contribution in [0, 0.1) is 0 Å². The summed E-state index contributed by atoms with van der Waals surface area (Å²) in [5.41, 5.74) is 1.79. The van der Waals surface area contributed by atoms with E-state index < -0.39 is 0 Å². The molecule has 1 N–H and O–H groups in total. The molecule has 0 amide bonds. The zero-order valence-electron chi connectivity index (χ0n) is 15.8. The molecule has 0 unspecified atom stereocenters. The lowest BCUT2D eigenvalue weighted by molar-refractivity contribution is 0.649. The third-order valence-electron chi connectivity index (χ3n) is 4.61. The Morgan fingerprint density at radius 1 is 1.07 bits per heavy atom. The Balaban J connectivity index is 1.60. The minimum atomic E-state index is -0.116. The fraction of sp³-hybridized carbons (Fsp3) is 0.238. The zero-order valence-corrected chi connectivity index (χ0v) is 16.6. The van der Waals surface area contributed by atoms with Crippen LogP contribution in [0.2, 0.25) is 0 Å². The van der Waals surface area contributed by atoms with Gasteiger partial charge in [-0.05, 0) is 31.5 Å². The molecule has 4 aromatic rings. The largest absolute Gasteiger partial charge is 0.309 e. The smallest absolute Gasteiger partial charge is 0.258 e. The quantitative estimate of drug-likeness (QED) is 0.503. The van der Waals surface area contributed by atoms with Crippen LogP contribution in [0.1, 0.15) is 36.3 Å². The lowest BCUT2D eigenvalue weighted by Crippen LogP contribution is -2.13. The molecule has 0 fully saturated rings. The number of nitrogens with zero attached hydrogens (tertiary/aromatic N) is 4. The summed E-state index contributed by atoms with van der Waals surface area (Å²) >= 11 is 1.55. The lowest BCUT2D eigenvalue weighted by atomic mass is 10.1. The molecule has 0 aliphatic heterocycles. The molecule has 0 aliphatic rings. The Morgan fingerprint density at radius 3 is 2.61 bits per heavy atom. The molecule has 6 nitrogen and oxygen atoms in total. The van der Waals surface area contributed by atoms with E-state index in [0.29, 0.717) is 16.7 Å². The van der Waals surface area contributed by atoms with E-state index in [9.17, 15) is 4.79 Å². The molecule has 4 rings (SSSR count). The summed E-state index contributed by atoms with van der Waals surface area (Å²) in [6.45, 7) is 4.89. The highest BCUT2D eigenvalue weighted by atomic mass is 32.2. The molecule has 1 atom stereocenters. The molecular weight excluding hydrogens is 370 g/mol. The lowest BCUT2D eigenvalue weighted by Gasteiger charge is -2.12. The predicted molar refractivity (Wildman–Crippen MR) is 112 cm³/mol. The summed E-state index contributed by atoms with van der Waals surface area (Å²) in [5.74, 6) is 1.58. The number of nitrogens with one attached hydrogen (secondary N) is 1. The molecule has 28 heavy (non-hydrogen) atoms. The van der Waals surface area contributed by atoms with Gasteiger partial charge in [0.05, 0.1) is 16.2 Å². The van der Waals surface area contributed by atoms with Crippen LogP contribution >= 0.6 is 11.8 Å². The molecule has 0 saturated carbocycles. The fourth-order valence-corrected chi connectivity index (χ4v) is 4.13. The van der Waals surface area contributed by atoms with Crippen LogP contribution in [-0.4, -0.2) is 24.7 Å². The molecule has 0 radical (unpaired) electrons. The summed E-state index contributed by atoms with van der Waals surface area (Å²) < 4.78 is 2.12. The number of para-hydroxylation sites is 1. The van der Waals surface area contributed by atoms with Crippen molar-refractivity contribution in [1.82, 2.24) is 24.7 Å². The molecule has 2 heterocycles. The summed E-state index contributed by atoms with van der Waals surface area (Å²) in [7, 11) is 0. The first-order valence-corrected chi connectivity index (χ1v) is 10.1. The Kier molecular flexibility index (Phi) is 5.25. The molecule has 0 aliphatic carbocycles.